The minimum Gasteiger partial charge on any atom is -0.496 e. The van der Waals surface area contributed by atoms with Gasteiger partial charge in [-0.1, -0.05) is 30.3 Å². The number of carbonyl (C=O) groups excluding carboxylic acids is 1. The third kappa shape index (κ3) is 4.79. The van der Waals surface area contributed by atoms with E-state index in [4.69, 9.17) is 9.47 Å². The number of para-hydroxylation sites is 2. The maximum atomic E-state index is 14.1. The number of hydrogen-bond acceptors (Lipinski definition) is 4. The van der Waals surface area contributed by atoms with Crippen LogP contribution in [0.2, 0.25) is 0 Å². The molecule has 0 aliphatic carbocycles. The summed E-state index contributed by atoms with van der Waals surface area (Å²) in [6.07, 6.45) is 0. The lowest BCUT2D eigenvalue weighted by Crippen LogP contribution is -2.49. The van der Waals surface area contributed by atoms with Gasteiger partial charge in [0, 0.05) is 37.3 Å². The number of ether oxygens (including phenoxy) is 2. The van der Waals surface area contributed by atoms with Crippen molar-refractivity contribution in [2.24, 2.45) is 0 Å². The van der Waals surface area contributed by atoms with E-state index in [1.165, 1.54) is 6.07 Å². The van der Waals surface area contributed by atoms with Crippen molar-refractivity contribution >= 4 is 11.6 Å². The standard InChI is InChI=1S/C25H25FN2O3/c1-30-24-12-11-19(17-20(24)18-31-21-7-3-2-4-8-21)25(29)28-15-13-27(14-16-28)23-10-6-5-9-22(23)26/h2-12,17H,13-16,18H2,1H3. The molecule has 3 aromatic carbocycles. The Kier molecular flexibility index (Phi) is 6.36. The molecule has 0 atom stereocenters. The summed E-state index contributed by atoms with van der Waals surface area (Å²) in [5.74, 6) is 1.15. The molecular weight excluding hydrogens is 395 g/mol. The van der Waals surface area contributed by atoms with Crippen molar-refractivity contribution in [2.45, 2.75) is 6.61 Å². The van der Waals surface area contributed by atoms with Gasteiger partial charge < -0.3 is 19.3 Å². The first-order valence-corrected chi connectivity index (χ1v) is 10.3. The van der Waals surface area contributed by atoms with Crippen LogP contribution >= 0.6 is 0 Å². The maximum absolute atomic E-state index is 14.1. The lowest BCUT2D eigenvalue weighted by molar-refractivity contribution is 0.0746. The van der Waals surface area contributed by atoms with Gasteiger partial charge in [-0.05, 0) is 42.5 Å². The molecule has 0 aromatic heterocycles. The molecule has 0 N–H and O–H groups in total. The molecule has 1 aliphatic heterocycles. The van der Waals surface area contributed by atoms with E-state index in [2.05, 4.69) is 0 Å². The molecule has 0 saturated carbocycles. The van der Waals surface area contributed by atoms with Crippen LogP contribution in [-0.2, 0) is 6.61 Å². The number of benzene rings is 3. The predicted molar refractivity (Wildman–Crippen MR) is 118 cm³/mol. The van der Waals surface area contributed by atoms with Crippen molar-refractivity contribution in [1.29, 1.82) is 0 Å². The van der Waals surface area contributed by atoms with E-state index in [1.54, 1.807) is 36.3 Å². The van der Waals surface area contributed by atoms with Crippen LogP contribution in [0.5, 0.6) is 11.5 Å². The number of amides is 1. The largest absolute Gasteiger partial charge is 0.496 e. The minimum atomic E-state index is -0.236. The molecule has 0 unspecified atom stereocenters. The third-order valence-corrected chi connectivity index (χ3v) is 5.42. The second-order valence-corrected chi connectivity index (χ2v) is 7.36. The van der Waals surface area contributed by atoms with Crippen molar-refractivity contribution in [3.05, 3.63) is 89.7 Å². The van der Waals surface area contributed by atoms with Crippen LogP contribution in [0.15, 0.2) is 72.8 Å². The fourth-order valence-corrected chi connectivity index (χ4v) is 3.74. The number of piperazine rings is 1. The summed E-state index contributed by atoms with van der Waals surface area (Å²) >= 11 is 0. The minimum absolute atomic E-state index is 0.0446. The summed E-state index contributed by atoms with van der Waals surface area (Å²) in [7, 11) is 1.60. The Morgan fingerprint density at radius 2 is 1.65 bits per heavy atom. The molecule has 160 valence electrons. The first kappa shape index (κ1) is 20.7. The zero-order valence-corrected chi connectivity index (χ0v) is 17.5. The number of nitrogens with zero attached hydrogens (tertiary/aromatic N) is 2. The molecule has 6 heteroatoms. The Bertz CT molecular complexity index is 1030. The Hall–Kier alpha value is -3.54. The monoisotopic (exact) mass is 420 g/mol. The topological polar surface area (TPSA) is 42.0 Å². The van der Waals surface area contributed by atoms with E-state index in [-0.39, 0.29) is 11.7 Å². The Balaban J connectivity index is 1.43. The Morgan fingerprint density at radius 3 is 2.35 bits per heavy atom. The molecule has 3 aromatic rings. The van der Waals surface area contributed by atoms with Gasteiger partial charge in [0.1, 0.15) is 23.9 Å². The lowest BCUT2D eigenvalue weighted by atomic mass is 10.1. The van der Waals surface area contributed by atoms with Crippen LogP contribution in [-0.4, -0.2) is 44.1 Å². The lowest BCUT2D eigenvalue weighted by Gasteiger charge is -2.36. The Labute approximate surface area is 181 Å². The molecule has 0 bridgehead atoms. The highest BCUT2D eigenvalue weighted by molar-refractivity contribution is 5.94. The maximum Gasteiger partial charge on any atom is 0.253 e. The molecule has 1 saturated heterocycles. The van der Waals surface area contributed by atoms with E-state index in [1.807, 2.05) is 47.4 Å². The van der Waals surface area contributed by atoms with Crippen LogP contribution in [0.1, 0.15) is 15.9 Å². The summed E-state index contributed by atoms with van der Waals surface area (Å²) in [5, 5.41) is 0. The van der Waals surface area contributed by atoms with E-state index in [0.29, 0.717) is 49.8 Å². The summed E-state index contributed by atoms with van der Waals surface area (Å²) < 4.78 is 25.3. The summed E-state index contributed by atoms with van der Waals surface area (Å²) in [6, 6.07) is 21.7. The van der Waals surface area contributed by atoms with E-state index in [0.717, 1.165) is 11.3 Å². The second kappa shape index (κ2) is 9.51. The van der Waals surface area contributed by atoms with Gasteiger partial charge in [-0.15, -0.1) is 0 Å². The number of hydrogen-bond donors (Lipinski definition) is 0. The zero-order valence-electron chi connectivity index (χ0n) is 17.5. The summed E-state index contributed by atoms with van der Waals surface area (Å²) in [5.41, 5.74) is 1.98. The smallest absolute Gasteiger partial charge is 0.253 e. The number of methoxy groups -OCH3 is 1. The first-order valence-electron chi connectivity index (χ1n) is 10.3. The fraction of sp³-hybridized carbons (Fsp3) is 0.240. The highest BCUT2D eigenvalue weighted by Gasteiger charge is 2.24. The van der Waals surface area contributed by atoms with Gasteiger partial charge in [0.25, 0.3) is 5.91 Å². The highest BCUT2D eigenvalue weighted by Crippen LogP contribution is 2.24. The van der Waals surface area contributed by atoms with Crippen LogP contribution in [0.4, 0.5) is 10.1 Å². The predicted octanol–water partition coefficient (Wildman–Crippen LogP) is 4.38. The molecule has 1 aliphatic rings. The van der Waals surface area contributed by atoms with Gasteiger partial charge in [0.05, 0.1) is 12.8 Å². The summed E-state index contributed by atoms with van der Waals surface area (Å²) in [6.45, 7) is 2.55. The van der Waals surface area contributed by atoms with Gasteiger partial charge in [0.15, 0.2) is 0 Å². The third-order valence-electron chi connectivity index (χ3n) is 5.42. The Morgan fingerprint density at radius 1 is 0.935 bits per heavy atom. The van der Waals surface area contributed by atoms with Crippen LogP contribution < -0.4 is 14.4 Å². The molecule has 1 heterocycles. The van der Waals surface area contributed by atoms with Crippen molar-refractivity contribution in [2.75, 3.05) is 38.2 Å². The van der Waals surface area contributed by atoms with Crippen molar-refractivity contribution in [1.82, 2.24) is 4.90 Å². The van der Waals surface area contributed by atoms with Gasteiger partial charge >= 0.3 is 0 Å². The molecule has 5 nitrogen and oxygen atoms in total. The van der Waals surface area contributed by atoms with Crippen molar-refractivity contribution in [3.63, 3.8) is 0 Å². The van der Waals surface area contributed by atoms with Gasteiger partial charge in [-0.25, -0.2) is 4.39 Å². The molecule has 1 amide bonds. The van der Waals surface area contributed by atoms with Crippen molar-refractivity contribution in [3.8, 4) is 11.5 Å². The highest BCUT2D eigenvalue weighted by atomic mass is 19.1. The van der Waals surface area contributed by atoms with Gasteiger partial charge in [-0.3, -0.25) is 4.79 Å². The van der Waals surface area contributed by atoms with Crippen LogP contribution in [0.3, 0.4) is 0 Å². The first-order chi connectivity index (χ1) is 15.2. The molecular formula is C25H25FN2O3. The molecule has 0 spiro atoms. The van der Waals surface area contributed by atoms with Crippen LogP contribution in [0, 0.1) is 5.82 Å². The second-order valence-electron chi connectivity index (χ2n) is 7.36. The average molecular weight is 420 g/mol. The number of anilines is 1. The SMILES string of the molecule is COc1ccc(C(=O)N2CCN(c3ccccc3F)CC2)cc1COc1ccccc1. The molecule has 4 rings (SSSR count). The van der Waals surface area contributed by atoms with Gasteiger partial charge in [0.2, 0.25) is 0 Å². The normalized spacial score (nSPS) is 13.7. The van der Waals surface area contributed by atoms with E-state index >= 15 is 0 Å². The fourth-order valence-electron chi connectivity index (χ4n) is 3.74. The van der Waals surface area contributed by atoms with Gasteiger partial charge in [-0.2, -0.15) is 0 Å². The number of carbonyl (C=O) groups is 1. The molecule has 1 fully saturated rings. The zero-order chi connectivity index (χ0) is 21.6. The molecule has 0 radical (unpaired) electrons. The van der Waals surface area contributed by atoms with E-state index < -0.39 is 0 Å². The van der Waals surface area contributed by atoms with Crippen LogP contribution in [0.25, 0.3) is 0 Å². The molecule has 31 heavy (non-hydrogen) atoms. The number of halogens is 1. The van der Waals surface area contributed by atoms with Crippen molar-refractivity contribution < 1.29 is 18.7 Å². The average Bonchev–Trinajstić information content (AvgIpc) is 2.83. The van der Waals surface area contributed by atoms with E-state index in [9.17, 15) is 9.18 Å². The number of rotatable bonds is 6. The summed E-state index contributed by atoms with van der Waals surface area (Å²) in [4.78, 5) is 16.9. The quantitative estimate of drug-likeness (QED) is 0.594.